The molecule has 11 N–H and O–H groups in total. The summed E-state index contributed by atoms with van der Waals surface area (Å²) in [6, 6.07) is 4.69. The summed E-state index contributed by atoms with van der Waals surface area (Å²) in [6.07, 6.45) is -18.6. The number of esters is 2. The SMILES string of the molecule is O=C(Cc1c(OC(=O)c2ccc(O)c(O)c2)cc(O)cc1O[C@@H]1O[C@H](CO)[C@@H](O)[C@H](O)[C@H]1O)O[C@@H]1O[C@H](CO)[C@@H](O)[C@H](O)[C@H]1O. The molecular weight excluding hydrogens is 612 g/mol. The predicted molar refractivity (Wildman–Crippen MR) is 141 cm³/mol. The molecule has 18 nitrogen and oxygen atoms in total. The van der Waals surface area contributed by atoms with Crippen molar-refractivity contribution in [1.82, 2.24) is 0 Å². The van der Waals surface area contributed by atoms with Crippen LogP contribution in [-0.2, 0) is 25.4 Å². The maximum absolute atomic E-state index is 13.1. The number of benzene rings is 2. The fraction of sp³-hybridized carbons (Fsp3) is 0.481. The van der Waals surface area contributed by atoms with Gasteiger partial charge in [-0.15, -0.1) is 0 Å². The number of phenols is 3. The molecule has 0 amide bonds. The van der Waals surface area contributed by atoms with E-state index in [2.05, 4.69) is 0 Å². The molecule has 0 radical (unpaired) electrons. The Morgan fingerprint density at radius 2 is 1.24 bits per heavy atom. The highest BCUT2D eigenvalue weighted by atomic mass is 16.7. The van der Waals surface area contributed by atoms with E-state index in [0.717, 1.165) is 30.3 Å². The van der Waals surface area contributed by atoms with E-state index in [9.17, 15) is 65.8 Å². The minimum Gasteiger partial charge on any atom is -0.508 e. The van der Waals surface area contributed by atoms with Crippen LogP contribution in [0.5, 0.6) is 28.7 Å². The average molecular weight is 645 g/mol. The molecule has 45 heavy (non-hydrogen) atoms. The minimum atomic E-state index is -1.96. The van der Waals surface area contributed by atoms with Crippen LogP contribution in [0.15, 0.2) is 30.3 Å². The fourth-order valence-electron chi connectivity index (χ4n) is 4.56. The number of hydrogen-bond acceptors (Lipinski definition) is 18. The van der Waals surface area contributed by atoms with Gasteiger partial charge in [-0.2, -0.15) is 0 Å². The van der Waals surface area contributed by atoms with Crippen molar-refractivity contribution in [3.8, 4) is 28.7 Å². The number of aliphatic hydroxyl groups is 8. The molecule has 2 aromatic carbocycles. The first-order valence-corrected chi connectivity index (χ1v) is 13.3. The molecular formula is C27H32O18. The van der Waals surface area contributed by atoms with Crippen molar-refractivity contribution < 1.29 is 89.4 Å². The number of aromatic hydroxyl groups is 3. The van der Waals surface area contributed by atoms with Gasteiger partial charge in [-0.05, 0) is 18.2 Å². The van der Waals surface area contributed by atoms with Crippen molar-refractivity contribution in [2.75, 3.05) is 13.2 Å². The van der Waals surface area contributed by atoms with Crippen LogP contribution in [0.4, 0.5) is 0 Å². The van der Waals surface area contributed by atoms with Crippen molar-refractivity contribution in [2.45, 2.75) is 67.8 Å². The molecule has 0 aromatic heterocycles. The first-order valence-electron chi connectivity index (χ1n) is 13.3. The largest absolute Gasteiger partial charge is 0.508 e. The summed E-state index contributed by atoms with van der Waals surface area (Å²) >= 11 is 0. The number of carbonyl (C=O) groups is 2. The molecule has 0 spiro atoms. The molecule has 2 fully saturated rings. The monoisotopic (exact) mass is 644 g/mol. The van der Waals surface area contributed by atoms with Crippen molar-refractivity contribution in [3.05, 3.63) is 41.5 Å². The second-order valence-electron chi connectivity index (χ2n) is 10.2. The van der Waals surface area contributed by atoms with E-state index in [-0.39, 0.29) is 11.1 Å². The highest BCUT2D eigenvalue weighted by molar-refractivity contribution is 5.92. The van der Waals surface area contributed by atoms with E-state index in [1.54, 1.807) is 0 Å². The molecule has 248 valence electrons. The van der Waals surface area contributed by atoms with Gasteiger partial charge in [0.05, 0.1) is 25.2 Å². The van der Waals surface area contributed by atoms with Gasteiger partial charge >= 0.3 is 11.9 Å². The van der Waals surface area contributed by atoms with Crippen LogP contribution in [0.1, 0.15) is 15.9 Å². The van der Waals surface area contributed by atoms with Gasteiger partial charge < -0.3 is 79.9 Å². The zero-order valence-electron chi connectivity index (χ0n) is 23.1. The van der Waals surface area contributed by atoms with Crippen LogP contribution >= 0.6 is 0 Å². The third kappa shape index (κ3) is 7.36. The highest BCUT2D eigenvalue weighted by Gasteiger charge is 2.46. The number of ether oxygens (including phenoxy) is 5. The van der Waals surface area contributed by atoms with E-state index in [1.807, 2.05) is 0 Å². The third-order valence-electron chi connectivity index (χ3n) is 7.08. The summed E-state index contributed by atoms with van der Waals surface area (Å²) in [6.45, 7) is -1.63. The topological polar surface area (TPSA) is 303 Å². The Bertz CT molecular complexity index is 1360. The van der Waals surface area contributed by atoms with Gasteiger partial charge in [0.1, 0.15) is 66.1 Å². The normalized spacial score (nSPS) is 31.6. The Morgan fingerprint density at radius 3 is 1.82 bits per heavy atom. The summed E-state index contributed by atoms with van der Waals surface area (Å²) in [5, 5.41) is 109. The summed E-state index contributed by atoms with van der Waals surface area (Å²) in [5.74, 6) is -5.33. The number of aliphatic hydroxyl groups excluding tert-OH is 8. The lowest BCUT2D eigenvalue weighted by Gasteiger charge is -2.40. The summed E-state index contributed by atoms with van der Waals surface area (Å²) < 4.78 is 26.5. The van der Waals surface area contributed by atoms with Crippen molar-refractivity contribution in [3.63, 3.8) is 0 Å². The summed E-state index contributed by atoms with van der Waals surface area (Å²) in [5.41, 5.74) is -0.671. The smallest absolute Gasteiger partial charge is 0.343 e. The Balaban J connectivity index is 1.67. The van der Waals surface area contributed by atoms with E-state index in [1.165, 1.54) is 0 Å². The van der Waals surface area contributed by atoms with Gasteiger partial charge in [-0.1, -0.05) is 0 Å². The molecule has 2 aromatic rings. The summed E-state index contributed by atoms with van der Waals surface area (Å²) in [4.78, 5) is 26.0. The Kier molecular flexibility index (Phi) is 10.7. The fourth-order valence-corrected chi connectivity index (χ4v) is 4.56. The van der Waals surface area contributed by atoms with Crippen LogP contribution in [0.2, 0.25) is 0 Å². The van der Waals surface area contributed by atoms with Gasteiger partial charge in [0.2, 0.25) is 12.6 Å². The molecule has 0 saturated carbocycles. The molecule has 2 saturated heterocycles. The van der Waals surface area contributed by atoms with E-state index >= 15 is 0 Å². The Hall–Kier alpha value is -3.82. The van der Waals surface area contributed by atoms with Gasteiger partial charge in [-0.25, -0.2) is 4.79 Å². The zero-order chi connectivity index (χ0) is 33.2. The van der Waals surface area contributed by atoms with Crippen molar-refractivity contribution >= 4 is 11.9 Å². The van der Waals surface area contributed by atoms with Crippen LogP contribution < -0.4 is 9.47 Å². The van der Waals surface area contributed by atoms with Gasteiger partial charge in [0.25, 0.3) is 0 Å². The molecule has 18 heteroatoms. The molecule has 4 rings (SSSR count). The Labute approximate surface area is 253 Å². The third-order valence-corrected chi connectivity index (χ3v) is 7.08. The molecule has 2 aliphatic heterocycles. The number of rotatable bonds is 9. The molecule has 2 heterocycles. The van der Waals surface area contributed by atoms with E-state index in [0.29, 0.717) is 0 Å². The van der Waals surface area contributed by atoms with E-state index < -0.39 is 122 Å². The minimum absolute atomic E-state index is 0.292. The number of hydrogen-bond donors (Lipinski definition) is 11. The van der Waals surface area contributed by atoms with E-state index in [4.69, 9.17) is 23.7 Å². The quantitative estimate of drug-likeness (QED) is 0.0706. The molecule has 2 aliphatic rings. The lowest BCUT2D eigenvalue weighted by atomic mass is 9.99. The number of carbonyl (C=O) groups excluding carboxylic acids is 2. The molecule has 10 atom stereocenters. The second-order valence-corrected chi connectivity index (χ2v) is 10.2. The summed E-state index contributed by atoms with van der Waals surface area (Å²) in [7, 11) is 0. The molecule has 0 aliphatic carbocycles. The first-order chi connectivity index (χ1) is 21.2. The second kappa shape index (κ2) is 14.1. The van der Waals surface area contributed by atoms with Crippen LogP contribution in [0.3, 0.4) is 0 Å². The number of phenolic OH excluding ortho intramolecular Hbond substituents is 3. The maximum Gasteiger partial charge on any atom is 0.343 e. The van der Waals surface area contributed by atoms with Gasteiger partial charge in [-0.3, -0.25) is 4.79 Å². The van der Waals surface area contributed by atoms with Crippen LogP contribution in [-0.4, -0.2) is 143 Å². The van der Waals surface area contributed by atoms with Crippen molar-refractivity contribution in [2.24, 2.45) is 0 Å². The Morgan fingerprint density at radius 1 is 0.689 bits per heavy atom. The molecule has 0 bridgehead atoms. The van der Waals surface area contributed by atoms with Crippen molar-refractivity contribution in [1.29, 1.82) is 0 Å². The maximum atomic E-state index is 13.1. The zero-order valence-corrected chi connectivity index (χ0v) is 23.1. The average Bonchev–Trinajstić information content (AvgIpc) is 3.00. The predicted octanol–water partition coefficient (Wildman–Crippen LogP) is -3.91. The van der Waals surface area contributed by atoms with Gasteiger partial charge in [0.15, 0.2) is 11.5 Å². The lowest BCUT2D eigenvalue weighted by Crippen LogP contribution is -2.60. The van der Waals surface area contributed by atoms with Crippen LogP contribution in [0, 0.1) is 0 Å². The standard InChI is InChI=1S/C27H32O18/c28-7-16-19(34)21(36)23(38)26(43-16)42-15-5-10(30)4-14(41-25(40)9-1-2-12(31)13(32)3-9)11(15)6-18(33)45-27-24(39)22(37)20(35)17(8-29)44-27/h1-5,16-17,19-24,26-32,34-39H,6-8H2/t16-,17-,19-,20-,21+,22+,23-,24-,26-,27+/m1/s1. The highest BCUT2D eigenvalue weighted by Crippen LogP contribution is 2.38. The lowest BCUT2D eigenvalue weighted by molar-refractivity contribution is -0.292. The van der Waals surface area contributed by atoms with Crippen LogP contribution in [0.25, 0.3) is 0 Å². The molecule has 0 unspecified atom stereocenters. The first kappa shape index (κ1) is 34.1. The van der Waals surface area contributed by atoms with Gasteiger partial charge in [0, 0.05) is 17.7 Å².